The van der Waals surface area contributed by atoms with Gasteiger partial charge in [0, 0.05) is 30.0 Å². The number of nitrogens with zero attached hydrogens (tertiary/aromatic N) is 4. The third-order valence-corrected chi connectivity index (χ3v) is 5.05. The number of ketones is 1. The summed E-state index contributed by atoms with van der Waals surface area (Å²) in [5, 5.41) is 16.2. The Kier molecular flexibility index (Phi) is 4.05. The number of nitrogen functional groups attached to an aromatic ring is 1. The van der Waals surface area contributed by atoms with Gasteiger partial charge in [-0.05, 0) is 23.3 Å². The summed E-state index contributed by atoms with van der Waals surface area (Å²) >= 11 is 0. The molecule has 7 nitrogen and oxygen atoms in total. The molecule has 29 heavy (non-hydrogen) atoms. The van der Waals surface area contributed by atoms with Crippen molar-refractivity contribution in [3.05, 3.63) is 78.1 Å². The molecule has 0 aliphatic carbocycles. The summed E-state index contributed by atoms with van der Waals surface area (Å²) in [4.78, 5) is 12.6. The van der Waals surface area contributed by atoms with Crippen LogP contribution in [0.5, 0.6) is 0 Å². The number of rotatable bonds is 5. The summed E-state index contributed by atoms with van der Waals surface area (Å²) in [5.41, 5.74) is 11.4. The minimum Gasteiger partial charge on any atom is -0.380 e. The first-order chi connectivity index (χ1) is 14.2. The standard InChI is InChI=1S/C22H18N6O/c23-22-21-17(5-3-11-28(21)27-26-22)15-9-7-14(8-10-15)12-16(29)13-20-18-4-1-2-6-19(18)24-25-20/h1-11H,12-13,23H2,(H,24,25). The first kappa shape index (κ1) is 17.1. The highest BCUT2D eigenvalue weighted by molar-refractivity contribution is 5.90. The molecular weight excluding hydrogens is 364 g/mol. The molecule has 7 heteroatoms. The number of nitrogens with two attached hydrogens (primary N) is 1. The summed E-state index contributed by atoms with van der Waals surface area (Å²) in [6.07, 6.45) is 2.52. The first-order valence-electron chi connectivity index (χ1n) is 9.31. The van der Waals surface area contributed by atoms with Gasteiger partial charge < -0.3 is 5.73 Å². The fourth-order valence-corrected chi connectivity index (χ4v) is 3.64. The minimum atomic E-state index is 0.137. The van der Waals surface area contributed by atoms with Gasteiger partial charge in [0.1, 0.15) is 11.3 Å². The summed E-state index contributed by atoms with van der Waals surface area (Å²) < 4.78 is 1.66. The number of carbonyl (C=O) groups is 1. The van der Waals surface area contributed by atoms with Crippen LogP contribution in [0.15, 0.2) is 66.9 Å². The first-order valence-corrected chi connectivity index (χ1v) is 9.31. The van der Waals surface area contributed by atoms with E-state index in [1.807, 2.05) is 66.9 Å². The predicted octanol–water partition coefficient (Wildman–Crippen LogP) is 3.21. The molecule has 0 unspecified atom stereocenters. The summed E-state index contributed by atoms with van der Waals surface area (Å²) in [6, 6.07) is 19.6. The van der Waals surface area contributed by atoms with E-state index < -0.39 is 0 Å². The summed E-state index contributed by atoms with van der Waals surface area (Å²) in [6.45, 7) is 0. The zero-order valence-corrected chi connectivity index (χ0v) is 15.5. The molecule has 0 atom stereocenters. The average molecular weight is 382 g/mol. The lowest BCUT2D eigenvalue weighted by molar-refractivity contribution is -0.117. The van der Waals surface area contributed by atoms with Crippen molar-refractivity contribution in [1.82, 2.24) is 25.0 Å². The number of nitrogens with one attached hydrogen (secondary N) is 1. The molecule has 2 aromatic carbocycles. The number of anilines is 1. The van der Waals surface area contributed by atoms with Crippen LogP contribution in [0.2, 0.25) is 0 Å². The lowest BCUT2D eigenvalue weighted by Crippen LogP contribution is -2.07. The van der Waals surface area contributed by atoms with E-state index >= 15 is 0 Å². The number of benzene rings is 2. The number of para-hydroxylation sites is 1. The zero-order chi connectivity index (χ0) is 19.8. The van der Waals surface area contributed by atoms with Gasteiger partial charge >= 0.3 is 0 Å². The second kappa shape index (κ2) is 6.87. The van der Waals surface area contributed by atoms with Gasteiger partial charge in [-0.25, -0.2) is 4.52 Å². The van der Waals surface area contributed by atoms with Crippen LogP contribution in [0.3, 0.4) is 0 Å². The van der Waals surface area contributed by atoms with Gasteiger partial charge in [-0.15, -0.1) is 5.10 Å². The van der Waals surface area contributed by atoms with E-state index in [2.05, 4.69) is 20.5 Å². The van der Waals surface area contributed by atoms with Crippen LogP contribution in [0.1, 0.15) is 11.3 Å². The summed E-state index contributed by atoms with van der Waals surface area (Å²) in [5.74, 6) is 0.533. The van der Waals surface area contributed by atoms with Gasteiger partial charge in [0.2, 0.25) is 0 Å². The van der Waals surface area contributed by atoms with Crippen LogP contribution in [0.25, 0.3) is 27.5 Å². The van der Waals surface area contributed by atoms with Crippen molar-refractivity contribution in [2.75, 3.05) is 5.73 Å². The van der Waals surface area contributed by atoms with Gasteiger partial charge in [-0.3, -0.25) is 9.89 Å². The smallest absolute Gasteiger partial charge is 0.174 e. The van der Waals surface area contributed by atoms with Gasteiger partial charge in [-0.2, -0.15) is 5.10 Å². The number of H-pyrrole nitrogens is 1. The Balaban J connectivity index is 1.35. The molecule has 0 fully saturated rings. The van der Waals surface area contributed by atoms with Crippen LogP contribution in [0.4, 0.5) is 5.82 Å². The van der Waals surface area contributed by atoms with Crippen LogP contribution < -0.4 is 5.73 Å². The molecule has 142 valence electrons. The van der Waals surface area contributed by atoms with Crippen molar-refractivity contribution >= 4 is 28.0 Å². The Morgan fingerprint density at radius 3 is 2.69 bits per heavy atom. The Labute approximate surface area is 166 Å². The second-order valence-electron chi connectivity index (χ2n) is 7.00. The molecule has 3 aromatic heterocycles. The van der Waals surface area contributed by atoms with Crippen LogP contribution >= 0.6 is 0 Å². The molecular formula is C22H18N6O. The highest BCUT2D eigenvalue weighted by Gasteiger charge is 2.12. The van der Waals surface area contributed by atoms with Gasteiger partial charge in [0.25, 0.3) is 0 Å². The lowest BCUT2D eigenvalue weighted by Gasteiger charge is -2.06. The Morgan fingerprint density at radius 2 is 1.83 bits per heavy atom. The van der Waals surface area contributed by atoms with Crippen molar-refractivity contribution in [3.8, 4) is 11.1 Å². The molecule has 5 aromatic rings. The van der Waals surface area contributed by atoms with Gasteiger partial charge in [0.15, 0.2) is 5.82 Å². The maximum absolute atomic E-state index is 12.6. The molecule has 0 aliphatic rings. The second-order valence-corrected chi connectivity index (χ2v) is 7.00. The van der Waals surface area contributed by atoms with Crippen LogP contribution in [-0.4, -0.2) is 30.8 Å². The van der Waals surface area contributed by atoms with Crippen molar-refractivity contribution < 1.29 is 4.79 Å². The molecule has 0 amide bonds. The Morgan fingerprint density at radius 1 is 1.00 bits per heavy atom. The molecule has 0 bridgehead atoms. The van der Waals surface area contributed by atoms with E-state index in [-0.39, 0.29) is 5.78 Å². The number of aromatic amines is 1. The molecule has 0 saturated carbocycles. The molecule has 3 N–H and O–H groups in total. The minimum absolute atomic E-state index is 0.137. The highest BCUT2D eigenvalue weighted by atomic mass is 16.1. The van der Waals surface area contributed by atoms with E-state index in [0.29, 0.717) is 18.7 Å². The maximum atomic E-state index is 12.6. The summed E-state index contributed by atoms with van der Waals surface area (Å²) in [7, 11) is 0. The normalized spacial score (nSPS) is 11.3. The third kappa shape index (κ3) is 3.12. The van der Waals surface area contributed by atoms with Gasteiger partial charge in [-0.1, -0.05) is 53.7 Å². The molecule has 0 saturated heterocycles. The maximum Gasteiger partial charge on any atom is 0.174 e. The fourth-order valence-electron chi connectivity index (χ4n) is 3.64. The van der Waals surface area contributed by atoms with E-state index in [9.17, 15) is 4.79 Å². The van der Waals surface area contributed by atoms with Crippen LogP contribution in [0, 0.1) is 0 Å². The number of hydrogen-bond donors (Lipinski definition) is 2. The number of pyridine rings is 1. The number of fused-ring (bicyclic) bond motifs is 2. The molecule has 5 rings (SSSR count). The molecule has 0 radical (unpaired) electrons. The van der Waals surface area contributed by atoms with Crippen molar-refractivity contribution in [3.63, 3.8) is 0 Å². The van der Waals surface area contributed by atoms with Crippen molar-refractivity contribution in [1.29, 1.82) is 0 Å². The number of hydrogen-bond acceptors (Lipinski definition) is 5. The Bertz CT molecular complexity index is 1330. The van der Waals surface area contributed by atoms with Crippen LogP contribution in [-0.2, 0) is 17.6 Å². The van der Waals surface area contributed by atoms with Crippen molar-refractivity contribution in [2.45, 2.75) is 12.8 Å². The number of aromatic nitrogens is 5. The number of carbonyl (C=O) groups excluding carboxylic acids is 1. The number of Topliss-reactive ketones (excluding diaryl/α,β-unsaturated/α-hetero) is 1. The Hall–Kier alpha value is -4.00. The zero-order valence-electron chi connectivity index (χ0n) is 15.5. The lowest BCUT2D eigenvalue weighted by atomic mass is 10.00. The van der Waals surface area contributed by atoms with Gasteiger partial charge in [0.05, 0.1) is 11.2 Å². The average Bonchev–Trinajstić information content (AvgIpc) is 3.33. The monoisotopic (exact) mass is 382 g/mol. The van der Waals surface area contributed by atoms with E-state index in [4.69, 9.17) is 5.73 Å². The highest BCUT2D eigenvalue weighted by Crippen LogP contribution is 2.27. The van der Waals surface area contributed by atoms with E-state index in [1.54, 1.807) is 4.52 Å². The topological polar surface area (TPSA) is 102 Å². The molecule has 0 spiro atoms. The van der Waals surface area contributed by atoms with E-state index in [0.717, 1.165) is 38.8 Å². The fraction of sp³-hybridized carbons (Fsp3) is 0.0909. The molecule has 3 heterocycles. The quantitative estimate of drug-likeness (QED) is 0.486. The third-order valence-electron chi connectivity index (χ3n) is 5.05. The largest absolute Gasteiger partial charge is 0.380 e. The predicted molar refractivity (Wildman–Crippen MR) is 111 cm³/mol. The van der Waals surface area contributed by atoms with E-state index in [1.165, 1.54) is 0 Å². The SMILES string of the molecule is Nc1nnn2cccc(-c3ccc(CC(=O)Cc4[nH]nc5ccccc45)cc3)c12. The van der Waals surface area contributed by atoms with Crippen molar-refractivity contribution in [2.24, 2.45) is 0 Å². The molecule has 0 aliphatic heterocycles.